The third-order valence-electron chi connectivity index (χ3n) is 2.18. The quantitative estimate of drug-likeness (QED) is 0.833. The zero-order valence-electron chi connectivity index (χ0n) is 9.77. The van der Waals surface area contributed by atoms with Gasteiger partial charge in [-0.25, -0.2) is 4.98 Å². The van der Waals surface area contributed by atoms with Gasteiger partial charge >= 0.3 is 0 Å². The summed E-state index contributed by atoms with van der Waals surface area (Å²) in [5, 5.41) is 4.25. The number of carbonyl (C=O) groups is 1. The number of pyridine rings is 1. The van der Waals surface area contributed by atoms with E-state index in [0.29, 0.717) is 10.8 Å². The Bertz CT molecular complexity index is 560. The van der Waals surface area contributed by atoms with Crippen LogP contribution < -0.4 is 5.32 Å². The van der Waals surface area contributed by atoms with Crippen molar-refractivity contribution < 1.29 is 4.79 Å². The molecule has 0 spiro atoms. The molecule has 0 unspecified atom stereocenters. The number of amides is 1. The van der Waals surface area contributed by atoms with Crippen molar-refractivity contribution in [2.24, 2.45) is 0 Å². The number of halogens is 2. The molecule has 1 N–H and O–H groups in total. The molecule has 98 valence electrons. The van der Waals surface area contributed by atoms with Gasteiger partial charge in [-0.3, -0.25) is 4.79 Å². The van der Waals surface area contributed by atoms with Gasteiger partial charge in [-0.2, -0.15) is 0 Å². The van der Waals surface area contributed by atoms with E-state index in [1.807, 2.05) is 12.1 Å². The molecule has 2 rings (SSSR count). The number of rotatable bonds is 4. The van der Waals surface area contributed by atoms with Crippen molar-refractivity contribution in [1.82, 2.24) is 4.98 Å². The largest absolute Gasteiger partial charge is 0.325 e. The van der Waals surface area contributed by atoms with Gasteiger partial charge in [0, 0.05) is 21.4 Å². The van der Waals surface area contributed by atoms with Gasteiger partial charge in [-0.15, -0.1) is 0 Å². The Kier molecular flexibility index (Phi) is 5.24. The van der Waals surface area contributed by atoms with E-state index in [-0.39, 0.29) is 5.91 Å². The number of carbonyl (C=O) groups excluding carboxylic acids is 1. The molecular weight excluding hydrogens is 348 g/mol. The highest BCUT2D eigenvalue weighted by atomic mass is 79.9. The highest BCUT2D eigenvalue weighted by molar-refractivity contribution is 9.10. The molecule has 0 radical (unpaired) electrons. The molecular formula is C13H10BrClN2OS. The lowest BCUT2D eigenvalue weighted by Gasteiger charge is -2.05. The van der Waals surface area contributed by atoms with Crippen molar-refractivity contribution in [2.45, 2.75) is 5.03 Å². The molecule has 6 heteroatoms. The first-order valence-corrected chi connectivity index (χ1v) is 7.59. The van der Waals surface area contributed by atoms with Crippen LogP contribution in [-0.2, 0) is 4.79 Å². The number of aromatic nitrogens is 1. The summed E-state index contributed by atoms with van der Waals surface area (Å²) in [6.07, 6.45) is 1.71. The first-order valence-electron chi connectivity index (χ1n) is 5.43. The van der Waals surface area contributed by atoms with E-state index in [1.165, 1.54) is 11.8 Å². The Labute approximate surface area is 128 Å². The Morgan fingerprint density at radius 1 is 1.26 bits per heavy atom. The predicted octanol–water partition coefficient (Wildman–Crippen LogP) is 4.23. The van der Waals surface area contributed by atoms with Crippen molar-refractivity contribution >= 4 is 50.9 Å². The van der Waals surface area contributed by atoms with Gasteiger partial charge < -0.3 is 5.32 Å². The van der Waals surface area contributed by atoms with Crippen molar-refractivity contribution in [1.29, 1.82) is 0 Å². The summed E-state index contributed by atoms with van der Waals surface area (Å²) in [6, 6.07) is 10.8. The molecule has 0 saturated heterocycles. The second-order valence-electron chi connectivity index (χ2n) is 3.66. The van der Waals surface area contributed by atoms with Gasteiger partial charge in [0.2, 0.25) is 5.91 Å². The molecule has 0 aliphatic carbocycles. The van der Waals surface area contributed by atoms with E-state index >= 15 is 0 Å². The van der Waals surface area contributed by atoms with Crippen LogP contribution in [-0.4, -0.2) is 16.6 Å². The standard InChI is InChI=1S/C13H10BrClN2OS/c14-9-1-6-13(16-7-9)19-8-12(18)17-11-4-2-10(15)3-5-11/h1-7H,8H2,(H,17,18). The monoisotopic (exact) mass is 356 g/mol. The van der Waals surface area contributed by atoms with Crippen LogP contribution in [0.3, 0.4) is 0 Å². The summed E-state index contributed by atoms with van der Waals surface area (Å²) in [5.41, 5.74) is 0.735. The summed E-state index contributed by atoms with van der Waals surface area (Å²) < 4.78 is 0.919. The fourth-order valence-electron chi connectivity index (χ4n) is 1.32. The van der Waals surface area contributed by atoms with Crippen LogP contribution in [0.5, 0.6) is 0 Å². The zero-order chi connectivity index (χ0) is 13.7. The number of anilines is 1. The summed E-state index contributed by atoms with van der Waals surface area (Å²) >= 11 is 10.5. The lowest BCUT2D eigenvalue weighted by Crippen LogP contribution is -2.13. The van der Waals surface area contributed by atoms with Crippen LogP contribution in [0.2, 0.25) is 5.02 Å². The molecule has 1 amide bonds. The van der Waals surface area contributed by atoms with Crippen LogP contribution in [0.25, 0.3) is 0 Å². The molecule has 0 aliphatic heterocycles. The number of nitrogens with zero attached hydrogens (tertiary/aromatic N) is 1. The predicted molar refractivity (Wildman–Crippen MR) is 82.7 cm³/mol. The summed E-state index contributed by atoms with van der Waals surface area (Å²) in [5.74, 6) is 0.245. The Balaban J connectivity index is 1.84. The molecule has 0 aliphatic rings. The van der Waals surface area contributed by atoms with Gasteiger partial charge in [-0.1, -0.05) is 23.4 Å². The van der Waals surface area contributed by atoms with E-state index in [4.69, 9.17) is 11.6 Å². The lowest BCUT2D eigenvalue weighted by atomic mass is 10.3. The van der Waals surface area contributed by atoms with Crippen molar-refractivity contribution in [3.05, 3.63) is 52.1 Å². The molecule has 0 saturated carbocycles. The number of hydrogen-bond donors (Lipinski definition) is 1. The van der Waals surface area contributed by atoms with Crippen LogP contribution in [0, 0.1) is 0 Å². The second-order valence-corrected chi connectivity index (χ2v) is 6.01. The number of nitrogens with one attached hydrogen (secondary N) is 1. The second kappa shape index (κ2) is 6.93. The van der Waals surface area contributed by atoms with Crippen molar-refractivity contribution in [2.75, 3.05) is 11.1 Å². The van der Waals surface area contributed by atoms with Crippen LogP contribution >= 0.6 is 39.3 Å². The Hall–Kier alpha value is -1.04. The molecule has 0 atom stereocenters. The molecule has 1 aromatic heterocycles. The Morgan fingerprint density at radius 3 is 2.63 bits per heavy atom. The Morgan fingerprint density at radius 2 is 2.00 bits per heavy atom. The van der Waals surface area contributed by atoms with Gasteiger partial charge in [-0.05, 0) is 52.3 Å². The van der Waals surface area contributed by atoms with E-state index in [9.17, 15) is 4.79 Å². The van der Waals surface area contributed by atoms with Crippen LogP contribution in [0.4, 0.5) is 5.69 Å². The maximum Gasteiger partial charge on any atom is 0.234 e. The minimum atomic E-state index is -0.0722. The minimum Gasteiger partial charge on any atom is -0.325 e. The number of hydrogen-bond acceptors (Lipinski definition) is 3. The summed E-state index contributed by atoms with van der Waals surface area (Å²) in [4.78, 5) is 15.9. The maximum absolute atomic E-state index is 11.7. The van der Waals surface area contributed by atoms with E-state index in [2.05, 4.69) is 26.2 Å². The lowest BCUT2D eigenvalue weighted by molar-refractivity contribution is -0.113. The van der Waals surface area contributed by atoms with Crippen molar-refractivity contribution in [3.63, 3.8) is 0 Å². The van der Waals surface area contributed by atoms with E-state index < -0.39 is 0 Å². The SMILES string of the molecule is O=C(CSc1ccc(Br)cn1)Nc1ccc(Cl)cc1. The fourth-order valence-corrected chi connectivity index (χ4v) is 2.32. The summed E-state index contributed by atoms with van der Waals surface area (Å²) in [7, 11) is 0. The van der Waals surface area contributed by atoms with Gasteiger partial charge in [0.1, 0.15) is 0 Å². The average molecular weight is 358 g/mol. The highest BCUT2D eigenvalue weighted by Crippen LogP contribution is 2.18. The highest BCUT2D eigenvalue weighted by Gasteiger charge is 2.04. The maximum atomic E-state index is 11.7. The third kappa shape index (κ3) is 4.86. The first kappa shape index (κ1) is 14.4. The molecule has 0 bridgehead atoms. The molecule has 19 heavy (non-hydrogen) atoms. The zero-order valence-corrected chi connectivity index (χ0v) is 12.9. The van der Waals surface area contributed by atoms with Crippen LogP contribution in [0.15, 0.2) is 52.1 Å². The van der Waals surface area contributed by atoms with E-state index in [1.54, 1.807) is 30.5 Å². The number of benzene rings is 1. The molecule has 0 fully saturated rings. The normalized spacial score (nSPS) is 10.2. The molecule has 3 nitrogen and oxygen atoms in total. The average Bonchev–Trinajstić information content (AvgIpc) is 2.41. The van der Waals surface area contributed by atoms with E-state index in [0.717, 1.165) is 15.2 Å². The van der Waals surface area contributed by atoms with Gasteiger partial charge in [0.15, 0.2) is 0 Å². The summed E-state index contributed by atoms with van der Waals surface area (Å²) in [6.45, 7) is 0. The topological polar surface area (TPSA) is 42.0 Å². The number of thioether (sulfide) groups is 1. The molecule has 1 heterocycles. The van der Waals surface area contributed by atoms with Gasteiger partial charge in [0.25, 0.3) is 0 Å². The first-order chi connectivity index (χ1) is 9.13. The smallest absolute Gasteiger partial charge is 0.234 e. The third-order valence-corrected chi connectivity index (χ3v) is 3.84. The van der Waals surface area contributed by atoms with Crippen molar-refractivity contribution in [3.8, 4) is 0 Å². The van der Waals surface area contributed by atoms with Crippen LogP contribution in [0.1, 0.15) is 0 Å². The van der Waals surface area contributed by atoms with Gasteiger partial charge in [0.05, 0.1) is 10.8 Å². The molecule has 1 aromatic carbocycles. The fraction of sp³-hybridized carbons (Fsp3) is 0.0769. The minimum absolute atomic E-state index is 0.0722. The molecule has 2 aromatic rings.